The van der Waals surface area contributed by atoms with E-state index in [1.165, 1.54) is 30.5 Å². The number of nitrogens with zero attached hydrogens (tertiary/aromatic N) is 1. The minimum Gasteiger partial charge on any atom is -0.481 e. The molecule has 6 nitrogen and oxygen atoms in total. The Bertz CT molecular complexity index is 901. The molecule has 1 heterocycles. The number of carbonyl (C=O) groups is 1. The number of aromatic nitrogens is 1. The van der Waals surface area contributed by atoms with Gasteiger partial charge in [0, 0.05) is 24.0 Å². The Morgan fingerprint density at radius 2 is 2.04 bits per heavy atom. The highest BCUT2D eigenvalue weighted by Crippen LogP contribution is 2.28. The summed E-state index contributed by atoms with van der Waals surface area (Å²) in [5.74, 6) is -1.63. The first-order valence-corrected chi connectivity index (χ1v) is 9.63. The highest BCUT2D eigenvalue weighted by atomic mass is 32.2. The number of carboxylic acid groups (broad SMARTS) is 1. The lowest BCUT2D eigenvalue weighted by atomic mass is 9.83. The molecule has 1 aromatic heterocycles. The third-order valence-electron chi connectivity index (χ3n) is 4.58. The van der Waals surface area contributed by atoms with Crippen LogP contribution in [0.5, 0.6) is 0 Å². The van der Waals surface area contributed by atoms with Crippen LogP contribution in [0.15, 0.2) is 35.4 Å². The van der Waals surface area contributed by atoms with Crippen molar-refractivity contribution in [3.05, 3.63) is 36.3 Å². The molecule has 1 aliphatic carbocycles. The largest absolute Gasteiger partial charge is 0.481 e. The smallest absolute Gasteiger partial charge is 0.303 e. The van der Waals surface area contributed by atoms with E-state index in [9.17, 15) is 17.6 Å². The van der Waals surface area contributed by atoms with Gasteiger partial charge >= 0.3 is 5.97 Å². The van der Waals surface area contributed by atoms with E-state index in [0.29, 0.717) is 23.7 Å². The number of nitrogens with one attached hydrogen (secondary N) is 1. The zero-order chi connectivity index (χ0) is 18.0. The van der Waals surface area contributed by atoms with Crippen molar-refractivity contribution in [2.24, 2.45) is 5.92 Å². The number of hydrogen-bond donors (Lipinski definition) is 2. The molecule has 3 rings (SSSR count). The van der Waals surface area contributed by atoms with Gasteiger partial charge in [0.15, 0.2) is 0 Å². The van der Waals surface area contributed by atoms with Crippen LogP contribution in [0.2, 0.25) is 0 Å². The zero-order valence-corrected chi connectivity index (χ0v) is 14.3. The molecule has 1 aliphatic rings. The summed E-state index contributed by atoms with van der Waals surface area (Å²) in [6, 6.07) is 4.94. The number of pyridine rings is 1. The second kappa shape index (κ2) is 7.05. The molecule has 25 heavy (non-hydrogen) atoms. The highest BCUT2D eigenvalue weighted by molar-refractivity contribution is 7.89. The van der Waals surface area contributed by atoms with E-state index in [2.05, 4.69) is 9.71 Å². The van der Waals surface area contributed by atoms with Crippen molar-refractivity contribution in [1.82, 2.24) is 9.71 Å². The van der Waals surface area contributed by atoms with Crippen molar-refractivity contribution in [3.63, 3.8) is 0 Å². The fourth-order valence-electron chi connectivity index (χ4n) is 3.33. The number of hydrogen-bond acceptors (Lipinski definition) is 4. The molecule has 0 spiro atoms. The van der Waals surface area contributed by atoms with Crippen LogP contribution in [0, 0.1) is 11.7 Å². The van der Waals surface area contributed by atoms with E-state index < -0.39 is 27.9 Å². The van der Waals surface area contributed by atoms with Gasteiger partial charge in [0.25, 0.3) is 0 Å². The second-order valence-corrected chi connectivity index (χ2v) is 8.09. The molecule has 0 bridgehead atoms. The van der Waals surface area contributed by atoms with E-state index in [1.807, 2.05) is 0 Å². The third-order valence-corrected chi connectivity index (χ3v) is 6.04. The quantitative estimate of drug-likeness (QED) is 0.848. The normalized spacial score (nSPS) is 21.3. The molecular formula is C17H19FN2O4S. The molecule has 0 aliphatic heterocycles. The van der Waals surface area contributed by atoms with Crippen LogP contribution in [-0.2, 0) is 14.8 Å². The van der Waals surface area contributed by atoms with Crippen molar-refractivity contribution in [1.29, 1.82) is 0 Å². The maximum atomic E-state index is 13.4. The molecule has 2 aromatic rings. The summed E-state index contributed by atoms with van der Waals surface area (Å²) in [7, 11) is -3.86. The zero-order valence-electron chi connectivity index (χ0n) is 13.5. The molecule has 0 unspecified atom stereocenters. The molecule has 2 N–H and O–H groups in total. The Labute approximate surface area is 145 Å². The van der Waals surface area contributed by atoms with Crippen LogP contribution >= 0.6 is 0 Å². The van der Waals surface area contributed by atoms with Crippen molar-refractivity contribution in [2.75, 3.05) is 0 Å². The number of sulfonamides is 1. The Balaban J connectivity index is 1.86. The first-order valence-electron chi connectivity index (χ1n) is 8.14. The lowest BCUT2D eigenvalue weighted by Crippen LogP contribution is -2.42. The minimum absolute atomic E-state index is 0.0507. The monoisotopic (exact) mass is 366 g/mol. The lowest BCUT2D eigenvalue weighted by molar-refractivity contribution is -0.138. The summed E-state index contributed by atoms with van der Waals surface area (Å²) in [6.07, 6.45) is 4.21. The average molecular weight is 366 g/mol. The number of benzene rings is 1. The van der Waals surface area contributed by atoms with Crippen LogP contribution in [0.25, 0.3) is 10.9 Å². The molecule has 0 saturated heterocycles. The van der Waals surface area contributed by atoms with Gasteiger partial charge in [-0.25, -0.2) is 17.5 Å². The molecule has 0 radical (unpaired) electrons. The van der Waals surface area contributed by atoms with Gasteiger partial charge < -0.3 is 5.11 Å². The number of fused-ring (bicyclic) bond motifs is 1. The van der Waals surface area contributed by atoms with E-state index in [1.54, 1.807) is 0 Å². The summed E-state index contributed by atoms with van der Waals surface area (Å²) in [5.41, 5.74) is 0.502. The number of rotatable bonds is 5. The van der Waals surface area contributed by atoms with E-state index >= 15 is 0 Å². The number of halogens is 1. The fraction of sp³-hybridized carbons (Fsp3) is 0.412. The first-order chi connectivity index (χ1) is 11.8. The molecule has 0 amide bonds. The molecular weight excluding hydrogens is 347 g/mol. The predicted molar refractivity (Wildman–Crippen MR) is 90.0 cm³/mol. The molecule has 134 valence electrons. The minimum atomic E-state index is -3.86. The van der Waals surface area contributed by atoms with Crippen molar-refractivity contribution < 1.29 is 22.7 Å². The number of carboxylic acids is 1. The summed E-state index contributed by atoms with van der Waals surface area (Å²) in [4.78, 5) is 15.0. The van der Waals surface area contributed by atoms with Crippen molar-refractivity contribution >= 4 is 26.9 Å². The standard InChI is InChI=1S/C17H19FN2O4S/c18-13-5-6-15-12(7-13)8-14(10-19-15)25(23,24)20-16-4-2-1-3-11(16)9-17(21)22/h5-8,10-11,16,20H,1-4,9H2,(H,21,22)/t11-,16-/m0/s1. The summed E-state index contributed by atoms with van der Waals surface area (Å²) >= 11 is 0. The topological polar surface area (TPSA) is 96.4 Å². The van der Waals surface area contributed by atoms with E-state index in [4.69, 9.17) is 5.11 Å². The Morgan fingerprint density at radius 1 is 1.28 bits per heavy atom. The summed E-state index contributed by atoms with van der Waals surface area (Å²) < 4.78 is 41.3. The van der Waals surface area contributed by atoms with Crippen molar-refractivity contribution in [2.45, 2.75) is 43.0 Å². The molecule has 1 fully saturated rings. The Morgan fingerprint density at radius 3 is 2.80 bits per heavy atom. The number of aliphatic carboxylic acids is 1. The molecule has 8 heteroatoms. The Kier molecular flexibility index (Phi) is 5.01. The highest BCUT2D eigenvalue weighted by Gasteiger charge is 2.31. The van der Waals surface area contributed by atoms with Gasteiger partial charge in [0.2, 0.25) is 10.0 Å². The van der Waals surface area contributed by atoms with Crippen molar-refractivity contribution in [3.8, 4) is 0 Å². The van der Waals surface area contributed by atoms with Gasteiger partial charge in [-0.1, -0.05) is 12.8 Å². The predicted octanol–water partition coefficient (Wildman–Crippen LogP) is 2.69. The summed E-state index contributed by atoms with van der Waals surface area (Å²) in [6.45, 7) is 0. The van der Waals surface area contributed by atoms with Gasteiger partial charge in [0.05, 0.1) is 5.52 Å². The van der Waals surface area contributed by atoms with E-state index in [-0.39, 0.29) is 17.2 Å². The maximum Gasteiger partial charge on any atom is 0.303 e. The van der Waals surface area contributed by atoms with E-state index in [0.717, 1.165) is 12.8 Å². The van der Waals surface area contributed by atoms with Crippen LogP contribution in [0.3, 0.4) is 0 Å². The SMILES string of the molecule is O=C(O)C[C@@H]1CCCC[C@@H]1NS(=O)(=O)c1cnc2ccc(F)cc2c1. The first kappa shape index (κ1) is 17.8. The lowest BCUT2D eigenvalue weighted by Gasteiger charge is -2.31. The van der Waals surface area contributed by atoms with Gasteiger partial charge in [-0.15, -0.1) is 0 Å². The van der Waals surface area contributed by atoms with Gasteiger partial charge in [-0.2, -0.15) is 0 Å². The fourth-order valence-corrected chi connectivity index (χ4v) is 4.65. The van der Waals surface area contributed by atoms with Crippen LogP contribution in [-0.4, -0.2) is 30.5 Å². The van der Waals surface area contributed by atoms with Crippen LogP contribution < -0.4 is 4.72 Å². The average Bonchev–Trinajstić information content (AvgIpc) is 2.55. The Hall–Kier alpha value is -2.06. The van der Waals surface area contributed by atoms with Gasteiger partial charge in [-0.05, 0) is 43.0 Å². The van der Waals surface area contributed by atoms with Crippen LogP contribution in [0.1, 0.15) is 32.1 Å². The van der Waals surface area contributed by atoms with Gasteiger partial charge in [-0.3, -0.25) is 9.78 Å². The third kappa shape index (κ3) is 4.13. The summed E-state index contributed by atoms with van der Waals surface area (Å²) in [5, 5.41) is 9.42. The molecule has 1 aromatic carbocycles. The molecule has 1 saturated carbocycles. The molecule has 2 atom stereocenters. The maximum absolute atomic E-state index is 13.4. The van der Waals surface area contributed by atoms with Gasteiger partial charge in [0.1, 0.15) is 10.7 Å². The van der Waals surface area contributed by atoms with Crippen LogP contribution in [0.4, 0.5) is 4.39 Å². The second-order valence-electron chi connectivity index (χ2n) is 6.38.